The summed E-state index contributed by atoms with van der Waals surface area (Å²) in [5, 5.41) is 14.7. The lowest BCUT2D eigenvalue weighted by Gasteiger charge is -2.34. The van der Waals surface area contributed by atoms with Crippen molar-refractivity contribution in [2.75, 3.05) is 97.1 Å². The number of hydrogen-bond acceptors (Lipinski definition) is 12. The van der Waals surface area contributed by atoms with Crippen molar-refractivity contribution in [2.45, 2.75) is 98.2 Å². The van der Waals surface area contributed by atoms with E-state index in [0.29, 0.717) is 72.4 Å². The molecule has 3 aromatic heterocycles. The van der Waals surface area contributed by atoms with Gasteiger partial charge in [-0.3, -0.25) is 4.90 Å². The molecule has 4 aromatic rings. The van der Waals surface area contributed by atoms with Crippen molar-refractivity contribution in [2.24, 2.45) is 5.92 Å². The van der Waals surface area contributed by atoms with Gasteiger partial charge in [-0.15, -0.1) is 5.10 Å². The number of piperazine rings is 1. The molecule has 60 heavy (non-hydrogen) atoms. The van der Waals surface area contributed by atoms with Gasteiger partial charge in [-0.2, -0.15) is 4.98 Å². The molecular formula is C44H71N11O5. The molecule has 16 nitrogen and oxygen atoms in total. The van der Waals surface area contributed by atoms with Crippen LogP contribution in [0.2, 0.25) is 0 Å². The second kappa shape index (κ2) is 26.0. The number of anilines is 2. The van der Waals surface area contributed by atoms with E-state index in [9.17, 15) is 4.79 Å². The van der Waals surface area contributed by atoms with Crippen molar-refractivity contribution in [3.8, 4) is 5.75 Å². The summed E-state index contributed by atoms with van der Waals surface area (Å²) < 4.78 is 26.7. The number of nitrogens with zero attached hydrogens (tertiary/aromatic N) is 8. The number of amides is 2. The van der Waals surface area contributed by atoms with Crippen LogP contribution >= 0.6 is 0 Å². The highest BCUT2D eigenvalue weighted by Gasteiger charge is 2.21. The van der Waals surface area contributed by atoms with Gasteiger partial charge in [0.1, 0.15) is 11.3 Å². The minimum atomic E-state index is -0.0587. The third kappa shape index (κ3) is 15.5. The van der Waals surface area contributed by atoms with E-state index < -0.39 is 0 Å². The smallest absolute Gasteiger partial charge is 0.317 e. The molecule has 4 heterocycles. The Morgan fingerprint density at radius 2 is 1.62 bits per heavy atom. The second-order valence-electron chi connectivity index (χ2n) is 15.8. The van der Waals surface area contributed by atoms with Gasteiger partial charge in [-0.25, -0.2) is 14.5 Å². The topological polar surface area (TPSA) is 172 Å². The summed E-state index contributed by atoms with van der Waals surface area (Å²) in [7, 11) is 1.72. The van der Waals surface area contributed by atoms with E-state index in [-0.39, 0.29) is 12.0 Å². The maximum Gasteiger partial charge on any atom is 0.317 e. The van der Waals surface area contributed by atoms with Crippen molar-refractivity contribution in [3.63, 3.8) is 0 Å². The minimum absolute atomic E-state index is 0.0587. The Labute approximate surface area is 356 Å². The van der Waals surface area contributed by atoms with Crippen LogP contribution in [0.25, 0.3) is 11.0 Å². The van der Waals surface area contributed by atoms with Crippen LogP contribution in [0.4, 0.5) is 16.6 Å². The first-order chi connectivity index (χ1) is 29.4. The van der Waals surface area contributed by atoms with Crippen molar-refractivity contribution >= 4 is 28.8 Å². The Morgan fingerprint density at radius 3 is 2.35 bits per heavy atom. The highest BCUT2D eigenvalue weighted by atomic mass is 16.5. The molecular weight excluding hydrogens is 763 g/mol. The fourth-order valence-corrected chi connectivity index (χ4v) is 7.49. The van der Waals surface area contributed by atoms with Gasteiger partial charge >= 0.3 is 6.03 Å². The zero-order valence-electron chi connectivity index (χ0n) is 36.7. The number of hydrogen-bond donors (Lipinski definition) is 3. The van der Waals surface area contributed by atoms with Crippen LogP contribution in [0.5, 0.6) is 5.75 Å². The van der Waals surface area contributed by atoms with E-state index in [1.54, 1.807) is 11.8 Å². The molecule has 0 bridgehead atoms. The van der Waals surface area contributed by atoms with Crippen LogP contribution in [0.3, 0.4) is 0 Å². The molecule has 1 aromatic carbocycles. The number of nitrogens with two attached hydrogens (primary N) is 1. The Bertz CT molecular complexity index is 1830. The number of aryl methyl sites for hydroxylation is 1. The van der Waals surface area contributed by atoms with Crippen molar-refractivity contribution in [1.29, 1.82) is 0 Å². The molecule has 16 heteroatoms. The fraction of sp³-hybridized carbons (Fsp3) is 0.659. The number of nitrogen functional groups attached to an aromatic ring is 1. The zero-order valence-corrected chi connectivity index (χ0v) is 36.7. The van der Waals surface area contributed by atoms with E-state index in [0.717, 1.165) is 78.8 Å². The summed E-state index contributed by atoms with van der Waals surface area (Å²) >= 11 is 0. The molecule has 1 aliphatic heterocycles. The molecule has 1 atom stereocenters. The van der Waals surface area contributed by atoms with E-state index in [1.807, 2.05) is 23.4 Å². The molecule has 4 N–H and O–H groups in total. The number of urea groups is 1. The van der Waals surface area contributed by atoms with Crippen molar-refractivity contribution < 1.29 is 23.7 Å². The number of methoxy groups -OCH3 is 1. The number of nitrogens with one attached hydrogen (secondary N) is 2. The molecule has 0 radical (unpaired) electrons. The lowest BCUT2D eigenvalue weighted by atomic mass is 9.97. The number of aromatic nitrogens is 6. The van der Waals surface area contributed by atoms with Gasteiger partial charge < -0.3 is 44.8 Å². The Hall–Kier alpha value is -4.51. The number of unbranched alkanes of at least 4 members (excludes halogenated alkanes) is 4. The number of rotatable bonds is 29. The summed E-state index contributed by atoms with van der Waals surface area (Å²) in [5.41, 5.74) is 11.1. The average Bonchev–Trinajstić information content (AvgIpc) is 3.89. The van der Waals surface area contributed by atoms with Crippen LogP contribution in [0.1, 0.15) is 89.0 Å². The molecule has 0 aliphatic carbocycles. The summed E-state index contributed by atoms with van der Waals surface area (Å²) in [4.78, 5) is 26.2. The highest BCUT2D eigenvalue weighted by molar-refractivity contribution is 5.87. The molecule has 5 rings (SSSR count). The molecule has 0 saturated carbocycles. The SMILES string of the molecule is CCCCCC(C)CCCCCNc1nc(N)nc2ccn(Cc3ccc(CN4CCN(C(=O)NCCOCCOCCOCCn5cc(CC)nn5)CC4)cc3OC)c12. The van der Waals surface area contributed by atoms with Gasteiger partial charge in [-0.05, 0) is 36.5 Å². The normalized spacial score (nSPS) is 13.9. The standard InChI is InChI=1S/C44H71N11O5/c1-5-7-9-12-35(3)13-10-8-11-17-46-42-41-39(48-43(45)49-42)16-19-54(41)33-37-15-14-36(31-40(37)57-4)32-52-20-22-53(23-21-52)44(56)47-18-25-58-27-29-60-30-28-59-26-24-55-34-38(6-2)50-51-55/h14-16,19,31,34-35H,5-13,17-18,20-30,32-33H2,1-4H3,(H,47,56)(H3,45,46,48,49). The Morgan fingerprint density at radius 1 is 0.867 bits per heavy atom. The number of fused-ring (bicyclic) bond motifs is 1. The summed E-state index contributed by atoms with van der Waals surface area (Å²) in [6, 6.07) is 8.38. The summed E-state index contributed by atoms with van der Waals surface area (Å²) in [6.45, 7) is 15.9. The second-order valence-corrected chi connectivity index (χ2v) is 15.8. The molecule has 1 aliphatic rings. The van der Waals surface area contributed by atoms with Gasteiger partial charge in [0.25, 0.3) is 0 Å². The van der Waals surface area contributed by atoms with Crippen LogP contribution in [-0.4, -0.2) is 131 Å². The van der Waals surface area contributed by atoms with Crippen LogP contribution in [-0.2, 0) is 40.3 Å². The van der Waals surface area contributed by atoms with Gasteiger partial charge in [-0.1, -0.05) is 83.1 Å². The third-order valence-corrected chi connectivity index (χ3v) is 11.0. The van der Waals surface area contributed by atoms with Gasteiger partial charge in [0.15, 0.2) is 5.82 Å². The zero-order chi connectivity index (χ0) is 42.4. The van der Waals surface area contributed by atoms with Gasteiger partial charge in [0, 0.05) is 63.8 Å². The lowest BCUT2D eigenvalue weighted by molar-refractivity contribution is 0.0133. The van der Waals surface area contributed by atoms with Gasteiger partial charge in [0.05, 0.1) is 71.1 Å². The number of benzene rings is 1. The van der Waals surface area contributed by atoms with Crippen LogP contribution in [0.15, 0.2) is 36.7 Å². The van der Waals surface area contributed by atoms with Crippen LogP contribution < -0.4 is 21.1 Å². The first-order valence-electron chi connectivity index (χ1n) is 22.3. The maximum atomic E-state index is 12.8. The Balaban J connectivity index is 0.962. The minimum Gasteiger partial charge on any atom is -0.496 e. The largest absolute Gasteiger partial charge is 0.496 e. The molecule has 1 saturated heterocycles. The average molecular weight is 834 g/mol. The number of carbonyl (C=O) groups excluding carboxylic acids is 1. The van der Waals surface area contributed by atoms with Crippen molar-refractivity contribution in [1.82, 2.24) is 44.6 Å². The first kappa shape index (κ1) is 46.6. The number of ether oxygens (including phenoxy) is 4. The number of carbonyl (C=O) groups is 1. The van der Waals surface area contributed by atoms with E-state index in [1.165, 1.54) is 50.5 Å². The van der Waals surface area contributed by atoms with E-state index in [2.05, 4.69) is 79.4 Å². The lowest BCUT2D eigenvalue weighted by Crippen LogP contribution is -2.51. The molecule has 332 valence electrons. The summed E-state index contributed by atoms with van der Waals surface area (Å²) in [6.07, 6.45) is 15.0. The Kier molecular flexibility index (Phi) is 20.1. The maximum absolute atomic E-state index is 12.8. The highest BCUT2D eigenvalue weighted by Crippen LogP contribution is 2.28. The third-order valence-electron chi connectivity index (χ3n) is 11.0. The monoisotopic (exact) mass is 834 g/mol. The van der Waals surface area contributed by atoms with Crippen LogP contribution in [0, 0.1) is 5.92 Å². The fourth-order valence-electron chi connectivity index (χ4n) is 7.49. The van der Waals surface area contributed by atoms with E-state index >= 15 is 0 Å². The predicted octanol–water partition coefficient (Wildman–Crippen LogP) is 5.99. The first-order valence-corrected chi connectivity index (χ1v) is 22.3. The molecule has 1 unspecified atom stereocenters. The summed E-state index contributed by atoms with van der Waals surface area (Å²) in [5.74, 6) is 2.69. The molecule has 1 fully saturated rings. The molecule has 0 spiro atoms. The van der Waals surface area contributed by atoms with Crippen molar-refractivity contribution in [3.05, 3.63) is 53.5 Å². The predicted molar refractivity (Wildman–Crippen MR) is 236 cm³/mol. The van der Waals surface area contributed by atoms with Gasteiger partial charge in [0.2, 0.25) is 5.95 Å². The quantitative estimate of drug-likeness (QED) is 0.0547. The van der Waals surface area contributed by atoms with E-state index in [4.69, 9.17) is 24.7 Å². The molecule has 2 amide bonds.